The molecule has 1 heterocycles. The lowest BCUT2D eigenvalue weighted by Gasteiger charge is -2.15. The number of aryl methyl sites for hydroxylation is 1. The van der Waals surface area contributed by atoms with E-state index in [0.29, 0.717) is 5.19 Å². The minimum atomic E-state index is -0.116. The Hall–Kier alpha value is -0.900. The molecule has 0 aliphatic heterocycles. The summed E-state index contributed by atoms with van der Waals surface area (Å²) in [5.41, 5.74) is 1.03. The zero-order valence-corrected chi connectivity index (χ0v) is 11.0. The zero-order chi connectivity index (χ0) is 11.9. The van der Waals surface area contributed by atoms with Gasteiger partial charge in [0.1, 0.15) is 0 Å². The molecule has 1 fully saturated rings. The smallest absolute Gasteiger partial charge is 0.316 e. The fourth-order valence-electron chi connectivity index (χ4n) is 1.60. The maximum atomic E-state index is 11.5. The molecule has 3 nitrogen and oxygen atoms in total. The number of hydrogen-bond acceptors (Lipinski definition) is 4. The Labute approximate surface area is 99.8 Å². The topological polar surface area (TPSA) is 39.2 Å². The van der Waals surface area contributed by atoms with Crippen LogP contribution in [0.5, 0.6) is 5.19 Å². The monoisotopic (exact) mass is 239 g/mol. The van der Waals surface area contributed by atoms with Crippen LogP contribution < -0.4 is 4.74 Å². The van der Waals surface area contributed by atoms with E-state index in [0.717, 1.165) is 18.5 Å². The van der Waals surface area contributed by atoms with Crippen molar-refractivity contribution in [2.45, 2.75) is 46.0 Å². The molecule has 0 N–H and O–H groups in total. The van der Waals surface area contributed by atoms with Crippen LogP contribution in [0.3, 0.4) is 0 Å². The predicted molar refractivity (Wildman–Crippen MR) is 63.9 cm³/mol. The molecule has 0 saturated heterocycles. The maximum absolute atomic E-state index is 11.5. The van der Waals surface area contributed by atoms with E-state index in [2.05, 4.69) is 25.8 Å². The molecule has 0 radical (unpaired) electrons. The summed E-state index contributed by atoms with van der Waals surface area (Å²) in [6.45, 7) is 8.38. The Morgan fingerprint density at radius 3 is 2.50 bits per heavy atom. The minimum Gasteiger partial charge on any atom is -0.398 e. The Balaban J connectivity index is 2.14. The highest BCUT2D eigenvalue weighted by Gasteiger charge is 2.32. The Morgan fingerprint density at radius 2 is 2.06 bits per heavy atom. The molecular formula is C12H17NO2S. The molecule has 88 valence electrons. The number of hydrogen-bond donors (Lipinski definition) is 0. The van der Waals surface area contributed by atoms with E-state index in [-0.39, 0.29) is 17.3 Å². The van der Waals surface area contributed by atoms with Crippen molar-refractivity contribution in [3.8, 4) is 5.19 Å². The van der Waals surface area contributed by atoms with Gasteiger partial charge >= 0.3 is 5.97 Å². The van der Waals surface area contributed by atoms with Gasteiger partial charge in [-0.1, -0.05) is 32.1 Å². The molecule has 0 bridgehead atoms. The first-order chi connectivity index (χ1) is 7.38. The van der Waals surface area contributed by atoms with Gasteiger partial charge in [0.15, 0.2) is 0 Å². The van der Waals surface area contributed by atoms with E-state index in [9.17, 15) is 4.79 Å². The maximum Gasteiger partial charge on any atom is 0.316 e. The highest BCUT2D eigenvalue weighted by atomic mass is 32.1. The van der Waals surface area contributed by atoms with Crippen LogP contribution >= 0.6 is 11.3 Å². The Bertz CT molecular complexity index is 413. The first kappa shape index (κ1) is 11.6. The number of esters is 1. The van der Waals surface area contributed by atoms with Crippen LogP contribution in [0.25, 0.3) is 0 Å². The summed E-state index contributed by atoms with van der Waals surface area (Å²) < 4.78 is 5.26. The molecule has 0 amide bonds. The van der Waals surface area contributed by atoms with E-state index in [1.165, 1.54) is 16.2 Å². The highest BCUT2D eigenvalue weighted by molar-refractivity contribution is 7.13. The molecule has 4 heteroatoms. The van der Waals surface area contributed by atoms with Crippen LogP contribution in [-0.4, -0.2) is 11.0 Å². The molecular weight excluding hydrogens is 222 g/mol. The van der Waals surface area contributed by atoms with E-state index in [1.54, 1.807) is 0 Å². The summed E-state index contributed by atoms with van der Waals surface area (Å²) in [5, 5.41) is 0.499. The van der Waals surface area contributed by atoms with Crippen LogP contribution in [0.4, 0.5) is 0 Å². The SMILES string of the molecule is Cc1nc(OC(=O)C2CC2)sc1C(C)(C)C. The van der Waals surface area contributed by atoms with Crippen LogP contribution in [-0.2, 0) is 10.2 Å². The van der Waals surface area contributed by atoms with Crippen molar-refractivity contribution in [2.24, 2.45) is 5.92 Å². The van der Waals surface area contributed by atoms with Gasteiger partial charge in [-0.2, -0.15) is 0 Å². The van der Waals surface area contributed by atoms with Gasteiger partial charge in [0, 0.05) is 4.88 Å². The van der Waals surface area contributed by atoms with Crippen LogP contribution in [0.2, 0.25) is 0 Å². The van der Waals surface area contributed by atoms with Gasteiger partial charge in [0.25, 0.3) is 5.19 Å². The molecule has 0 spiro atoms. The predicted octanol–water partition coefficient (Wildman–Crippen LogP) is 3.06. The van der Waals surface area contributed by atoms with Crippen molar-refractivity contribution in [1.82, 2.24) is 4.98 Å². The van der Waals surface area contributed by atoms with Gasteiger partial charge in [-0.25, -0.2) is 4.98 Å². The van der Waals surface area contributed by atoms with Crippen molar-refractivity contribution in [2.75, 3.05) is 0 Å². The third kappa shape index (κ3) is 2.43. The van der Waals surface area contributed by atoms with Gasteiger partial charge in [-0.05, 0) is 25.2 Å². The molecule has 16 heavy (non-hydrogen) atoms. The highest BCUT2D eigenvalue weighted by Crippen LogP contribution is 2.36. The van der Waals surface area contributed by atoms with Gasteiger partial charge < -0.3 is 4.74 Å². The molecule has 0 atom stereocenters. The number of thiazole rings is 1. The second kappa shape index (κ2) is 3.84. The average molecular weight is 239 g/mol. The Kier molecular flexibility index (Phi) is 2.78. The average Bonchev–Trinajstić information content (AvgIpc) is 2.90. The normalized spacial score (nSPS) is 16.2. The lowest BCUT2D eigenvalue weighted by molar-refractivity contribution is -0.135. The number of ether oxygens (including phenoxy) is 1. The molecule has 1 saturated carbocycles. The van der Waals surface area contributed by atoms with Gasteiger partial charge in [0.05, 0.1) is 11.6 Å². The molecule has 0 aromatic carbocycles. The molecule has 1 aliphatic carbocycles. The summed E-state index contributed by atoms with van der Waals surface area (Å²) in [7, 11) is 0. The van der Waals surface area contributed by atoms with E-state index < -0.39 is 0 Å². The largest absolute Gasteiger partial charge is 0.398 e. The minimum absolute atomic E-state index is 0.0615. The van der Waals surface area contributed by atoms with Gasteiger partial charge in [0.2, 0.25) is 0 Å². The lowest BCUT2D eigenvalue weighted by Crippen LogP contribution is -2.10. The first-order valence-corrected chi connectivity index (χ1v) is 6.39. The van der Waals surface area contributed by atoms with Crippen LogP contribution in [0.1, 0.15) is 44.2 Å². The molecule has 1 aromatic heterocycles. The van der Waals surface area contributed by atoms with Crippen LogP contribution in [0, 0.1) is 12.8 Å². The first-order valence-electron chi connectivity index (χ1n) is 5.57. The summed E-state index contributed by atoms with van der Waals surface area (Å²) >= 11 is 1.49. The second-order valence-electron chi connectivity index (χ2n) is 5.34. The number of carbonyl (C=O) groups is 1. The third-order valence-corrected chi connectivity index (χ3v) is 4.02. The van der Waals surface area contributed by atoms with Crippen LogP contribution in [0.15, 0.2) is 0 Å². The third-order valence-electron chi connectivity index (χ3n) is 2.56. The van der Waals surface area contributed by atoms with Crippen molar-refractivity contribution in [3.05, 3.63) is 10.6 Å². The fraction of sp³-hybridized carbons (Fsp3) is 0.667. The lowest BCUT2D eigenvalue weighted by atomic mass is 9.94. The van der Waals surface area contributed by atoms with Gasteiger partial charge in [-0.15, -0.1) is 0 Å². The summed E-state index contributed by atoms with van der Waals surface area (Å²) in [4.78, 5) is 17.0. The number of carbonyl (C=O) groups excluding carboxylic acids is 1. The fourth-order valence-corrected chi connectivity index (χ4v) is 2.58. The molecule has 2 rings (SSSR count). The van der Waals surface area contributed by atoms with Crippen molar-refractivity contribution in [3.63, 3.8) is 0 Å². The van der Waals surface area contributed by atoms with Crippen molar-refractivity contribution < 1.29 is 9.53 Å². The van der Waals surface area contributed by atoms with E-state index >= 15 is 0 Å². The van der Waals surface area contributed by atoms with E-state index in [1.807, 2.05) is 6.92 Å². The van der Waals surface area contributed by atoms with Gasteiger partial charge in [-0.3, -0.25) is 4.79 Å². The number of aromatic nitrogens is 1. The number of rotatable bonds is 2. The summed E-state index contributed by atoms with van der Waals surface area (Å²) in [5.74, 6) is 0.0107. The summed E-state index contributed by atoms with van der Waals surface area (Å²) in [6, 6.07) is 0. The molecule has 1 aromatic rings. The Morgan fingerprint density at radius 1 is 1.44 bits per heavy atom. The van der Waals surface area contributed by atoms with Crippen molar-refractivity contribution >= 4 is 17.3 Å². The molecule has 0 unspecified atom stereocenters. The number of nitrogens with zero attached hydrogens (tertiary/aromatic N) is 1. The summed E-state index contributed by atoms with van der Waals surface area (Å²) in [6.07, 6.45) is 1.94. The van der Waals surface area contributed by atoms with Crippen molar-refractivity contribution in [1.29, 1.82) is 0 Å². The quantitative estimate of drug-likeness (QED) is 0.745. The molecule has 1 aliphatic rings. The van der Waals surface area contributed by atoms with E-state index in [4.69, 9.17) is 4.74 Å². The zero-order valence-electron chi connectivity index (χ0n) is 10.2. The second-order valence-corrected chi connectivity index (χ2v) is 6.30. The standard InChI is InChI=1S/C12H17NO2S/c1-7-9(12(2,3)4)16-11(13-7)15-10(14)8-5-6-8/h8H,5-6H2,1-4H3.